The average Bonchev–Trinajstić information content (AvgIpc) is 2.52. The highest BCUT2D eigenvalue weighted by Crippen LogP contribution is 2.40. The van der Waals surface area contributed by atoms with Crippen LogP contribution in [0.2, 0.25) is 0 Å². The Labute approximate surface area is 130 Å². The highest BCUT2D eigenvalue weighted by molar-refractivity contribution is 6.17. The number of rotatable bonds is 3. The van der Waals surface area contributed by atoms with Crippen molar-refractivity contribution in [3.05, 3.63) is 51.6 Å². The molecule has 0 aliphatic heterocycles. The number of hydrogen-bond acceptors (Lipinski definition) is 5. The summed E-state index contributed by atoms with van der Waals surface area (Å²) >= 11 is 0. The van der Waals surface area contributed by atoms with Gasteiger partial charge in [-0.05, 0) is 24.6 Å². The number of pyridine rings is 1. The fourth-order valence-corrected chi connectivity index (χ4v) is 2.74. The number of hydrogen-bond donors (Lipinski definition) is 1. The molecule has 0 saturated heterocycles. The van der Waals surface area contributed by atoms with Crippen molar-refractivity contribution < 1.29 is 19.6 Å². The van der Waals surface area contributed by atoms with Crippen LogP contribution in [-0.4, -0.2) is 28.1 Å². The highest BCUT2D eigenvalue weighted by atomic mass is 16.6. The van der Waals surface area contributed by atoms with Crippen molar-refractivity contribution in [2.45, 2.75) is 6.92 Å². The van der Waals surface area contributed by atoms with Crippen LogP contribution in [0.3, 0.4) is 0 Å². The standard InChI is InChI=1S/C16H12N2O5/c1-8-7-11(23-2)15(18(21)22)13-12(16(19)20)9-5-3-4-6-10(9)17-14(8)13/h3-7H,1-2H3,(H,19,20). The quantitative estimate of drug-likeness (QED) is 0.452. The lowest BCUT2D eigenvalue weighted by atomic mass is 9.98. The Kier molecular flexibility index (Phi) is 3.33. The summed E-state index contributed by atoms with van der Waals surface area (Å²) < 4.78 is 5.08. The lowest BCUT2D eigenvalue weighted by Crippen LogP contribution is -2.05. The zero-order valence-corrected chi connectivity index (χ0v) is 12.4. The van der Waals surface area contributed by atoms with Crippen LogP contribution in [-0.2, 0) is 0 Å². The fraction of sp³-hybridized carbons (Fsp3) is 0.125. The molecule has 0 bridgehead atoms. The van der Waals surface area contributed by atoms with Crippen molar-refractivity contribution >= 4 is 33.5 Å². The number of ether oxygens (including phenoxy) is 1. The van der Waals surface area contributed by atoms with Crippen molar-refractivity contribution in [1.29, 1.82) is 0 Å². The number of fused-ring (bicyclic) bond motifs is 2. The van der Waals surface area contributed by atoms with E-state index in [1.165, 1.54) is 13.2 Å². The van der Waals surface area contributed by atoms with E-state index >= 15 is 0 Å². The fourth-order valence-electron chi connectivity index (χ4n) is 2.74. The molecule has 0 spiro atoms. The summed E-state index contributed by atoms with van der Waals surface area (Å²) in [6.07, 6.45) is 0. The SMILES string of the molecule is COc1cc(C)c2nc3ccccc3c(C(=O)O)c2c1[N+](=O)[O-]. The number of para-hydroxylation sites is 1. The van der Waals surface area contributed by atoms with Crippen LogP contribution in [0.15, 0.2) is 30.3 Å². The first-order valence-corrected chi connectivity index (χ1v) is 6.73. The Morgan fingerprint density at radius 3 is 2.65 bits per heavy atom. The molecular formula is C16H12N2O5. The van der Waals surface area contributed by atoms with Gasteiger partial charge in [0.25, 0.3) is 0 Å². The minimum atomic E-state index is -1.25. The number of nitrogens with zero attached hydrogens (tertiary/aromatic N) is 2. The molecule has 3 aromatic rings. The van der Waals surface area contributed by atoms with Crippen molar-refractivity contribution in [3.63, 3.8) is 0 Å². The normalized spacial score (nSPS) is 10.9. The third-order valence-electron chi connectivity index (χ3n) is 3.70. The predicted octanol–water partition coefficient (Wildman–Crippen LogP) is 3.31. The van der Waals surface area contributed by atoms with E-state index in [-0.39, 0.29) is 27.9 Å². The molecule has 3 rings (SSSR count). The molecule has 7 nitrogen and oxygen atoms in total. The lowest BCUT2D eigenvalue weighted by Gasteiger charge is -2.12. The third kappa shape index (κ3) is 2.13. The number of carboxylic acids is 1. The molecule has 0 radical (unpaired) electrons. The van der Waals surface area contributed by atoms with Gasteiger partial charge in [-0.3, -0.25) is 10.1 Å². The van der Waals surface area contributed by atoms with E-state index < -0.39 is 10.9 Å². The van der Waals surface area contributed by atoms with Gasteiger partial charge in [-0.25, -0.2) is 9.78 Å². The monoisotopic (exact) mass is 312 g/mol. The van der Waals surface area contributed by atoms with Crippen molar-refractivity contribution in [1.82, 2.24) is 4.98 Å². The second-order valence-electron chi connectivity index (χ2n) is 5.03. The molecule has 0 unspecified atom stereocenters. The van der Waals surface area contributed by atoms with Gasteiger partial charge in [0.15, 0.2) is 5.75 Å². The molecule has 0 saturated carbocycles. The van der Waals surface area contributed by atoms with E-state index in [0.29, 0.717) is 16.5 Å². The summed E-state index contributed by atoms with van der Waals surface area (Å²) in [5, 5.41) is 21.5. The number of nitro groups is 1. The smallest absolute Gasteiger partial charge is 0.337 e. The molecule has 1 heterocycles. The molecule has 1 aromatic heterocycles. The van der Waals surface area contributed by atoms with Crippen LogP contribution in [0, 0.1) is 17.0 Å². The zero-order chi connectivity index (χ0) is 16.7. The number of aromatic nitrogens is 1. The summed E-state index contributed by atoms with van der Waals surface area (Å²) in [4.78, 5) is 27.1. The number of aryl methyl sites for hydroxylation is 1. The van der Waals surface area contributed by atoms with Gasteiger partial charge < -0.3 is 9.84 Å². The Bertz CT molecular complexity index is 981. The van der Waals surface area contributed by atoms with Gasteiger partial charge in [-0.1, -0.05) is 18.2 Å². The molecule has 0 atom stereocenters. The van der Waals surface area contributed by atoms with Gasteiger partial charge in [-0.15, -0.1) is 0 Å². The molecule has 7 heteroatoms. The molecule has 0 aliphatic carbocycles. The Morgan fingerprint density at radius 1 is 1.35 bits per heavy atom. The molecule has 0 fully saturated rings. The topological polar surface area (TPSA) is 103 Å². The van der Waals surface area contributed by atoms with E-state index in [4.69, 9.17) is 4.74 Å². The first-order chi connectivity index (χ1) is 11.0. The molecule has 2 aromatic carbocycles. The summed E-state index contributed by atoms with van der Waals surface area (Å²) in [5.41, 5.74) is 0.840. The number of carboxylic acid groups (broad SMARTS) is 1. The second kappa shape index (κ2) is 5.20. The van der Waals surface area contributed by atoms with Crippen LogP contribution in [0.1, 0.15) is 15.9 Å². The van der Waals surface area contributed by atoms with Gasteiger partial charge in [0, 0.05) is 5.39 Å². The summed E-state index contributed by atoms with van der Waals surface area (Å²) in [5.74, 6) is -1.23. The zero-order valence-electron chi connectivity index (χ0n) is 12.4. The van der Waals surface area contributed by atoms with E-state index in [1.807, 2.05) is 0 Å². The van der Waals surface area contributed by atoms with E-state index in [1.54, 1.807) is 31.2 Å². The predicted molar refractivity (Wildman–Crippen MR) is 84.2 cm³/mol. The van der Waals surface area contributed by atoms with Crippen LogP contribution < -0.4 is 4.74 Å². The van der Waals surface area contributed by atoms with Gasteiger partial charge in [0.1, 0.15) is 0 Å². The molecule has 0 aliphatic rings. The molecule has 0 amide bonds. The van der Waals surface area contributed by atoms with Crippen LogP contribution in [0.4, 0.5) is 5.69 Å². The van der Waals surface area contributed by atoms with Gasteiger partial charge in [-0.2, -0.15) is 0 Å². The Hall–Kier alpha value is -3.22. The summed E-state index contributed by atoms with van der Waals surface area (Å²) in [7, 11) is 1.31. The second-order valence-corrected chi connectivity index (χ2v) is 5.03. The number of aromatic carboxylic acids is 1. The largest absolute Gasteiger partial charge is 0.490 e. The maximum absolute atomic E-state index is 11.8. The lowest BCUT2D eigenvalue weighted by molar-refractivity contribution is -0.384. The summed E-state index contributed by atoms with van der Waals surface area (Å²) in [6, 6.07) is 8.16. The Balaban J connectivity index is 2.69. The number of carbonyl (C=O) groups is 1. The van der Waals surface area contributed by atoms with Crippen LogP contribution in [0.25, 0.3) is 21.8 Å². The molecule has 23 heavy (non-hydrogen) atoms. The van der Waals surface area contributed by atoms with Gasteiger partial charge >= 0.3 is 11.7 Å². The molecular weight excluding hydrogens is 300 g/mol. The first kappa shape index (κ1) is 14.7. The first-order valence-electron chi connectivity index (χ1n) is 6.73. The van der Waals surface area contributed by atoms with Crippen molar-refractivity contribution in [2.75, 3.05) is 7.11 Å². The van der Waals surface area contributed by atoms with E-state index in [2.05, 4.69) is 4.98 Å². The number of nitro benzene ring substituents is 1. The van der Waals surface area contributed by atoms with Crippen LogP contribution >= 0.6 is 0 Å². The van der Waals surface area contributed by atoms with Gasteiger partial charge in [0.2, 0.25) is 0 Å². The Morgan fingerprint density at radius 2 is 2.04 bits per heavy atom. The number of methoxy groups -OCH3 is 1. The van der Waals surface area contributed by atoms with Crippen molar-refractivity contribution in [2.24, 2.45) is 0 Å². The highest BCUT2D eigenvalue weighted by Gasteiger charge is 2.28. The third-order valence-corrected chi connectivity index (χ3v) is 3.70. The maximum atomic E-state index is 11.8. The molecule has 1 N–H and O–H groups in total. The maximum Gasteiger partial charge on any atom is 0.337 e. The minimum Gasteiger partial charge on any atom is -0.490 e. The van der Waals surface area contributed by atoms with Crippen LogP contribution in [0.5, 0.6) is 5.75 Å². The van der Waals surface area contributed by atoms with E-state index in [0.717, 1.165) is 0 Å². The molecule has 116 valence electrons. The minimum absolute atomic E-state index is 0.0135. The number of benzene rings is 2. The van der Waals surface area contributed by atoms with Crippen molar-refractivity contribution in [3.8, 4) is 5.75 Å². The average molecular weight is 312 g/mol. The van der Waals surface area contributed by atoms with E-state index in [9.17, 15) is 20.0 Å². The van der Waals surface area contributed by atoms with Gasteiger partial charge in [0.05, 0.1) is 34.0 Å². The summed E-state index contributed by atoms with van der Waals surface area (Å²) in [6.45, 7) is 1.71.